The van der Waals surface area contributed by atoms with E-state index in [0.29, 0.717) is 6.61 Å². The van der Waals surface area contributed by atoms with E-state index in [9.17, 15) is 4.39 Å². The molecule has 0 unspecified atom stereocenters. The van der Waals surface area contributed by atoms with Gasteiger partial charge in [0.25, 0.3) is 0 Å². The summed E-state index contributed by atoms with van der Waals surface area (Å²) >= 11 is 0. The first-order chi connectivity index (χ1) is 12.3. The summed E-state index contributed by atoms with van der Waals surface area (Å²) in [7, 11) is 1.67. The first kappa shape index (κ1) is 15.7. The lowest BCUT2D eigenvalue weighted by atomic mass is 10.2. The maximum atomic E-state index is 13.2. The summed E-state index contributed by atoms with van der Waals surface area (Å²) in [5.41, 5.74) is 2.98. The van der Waals surface area contributed by atoms with Gasteiger partial charge in [-0.25, -0.2) is 4.39 Å². The molecule has 1 aromatic heterocycles. The third-order valence-electron chi connectivity index (χ3n) is 4.41. The normalized spacial score (nSPS) is 17.0. The third kappa shape index (κ3) is 2.98. The quantitative estimate of drug-likeness (QED) is 0.715. The fourth-order valence-electron chi connectivity index (χ4n) is 3.20. The highest BCUT2D eigenvalue weighted by Crippen LogP contribution is 2.33. The summed E-state index contributed by atoms with van der Waals surface area (Å²) in [6.07, 6.45) is 3.86. The summed E-state index contributed by atoms with van der Waals surface area (Å²) in [5, 5.41) is 0. The molecule has 0 N–H and O–H groups in total. The molecule has 0 spiro atoms. The number of nitrogens with zero attached hydrogens (tertiary/aromatic N) is 2. The zero-order chi connectivity index (χ0) is 17.2. The van der Waals surface area contributed by atoms with Gasteiger partial charge in [0.2, 0.25) is 0 Å². The number of hydrogen-bond acceptors (Lipinski definition) is 3. The molecule has 0 amide bonds. The zero-order valence-electron chi connectivity index (χ0n) is 13.9. The van der Waals surface area contributed by atoms with Crippen molar-refractivity contribution in [2.24, 2.45) is 0 Å². The number of hydrogen-bond donors (Lipinski definition) is 0. The maximum Gasteiger partial charge on any atom is 0.158 e. The molecule has 0 aliphatic carbocycles. The van der Waals surface area contributed by atoms with E-state index >= 15 is 0 Å². The monoisotopic (exact) mass is 338 g/mol. The molecule has 0 bridgehead atoms. The molecule has 0 radical (unpaired) electrons. The van der Waals surface area contributed by atoms with Crippen molar-refractivity contribution in [3.05, 3.63) is 78.4 Å². The predicted molar refractivity (Wildman–Crippen MR) is 94.8 cm³/mol. The molecule has 1 atom stereocenters. The van der Waals surface area contributed by atoms with Crippen LogP contribution in [0.15, 0.2) is 67.0 Å². The van der Waals surface area contributed by atoms with Crippen LogP contribution in [0.5, 0.6) is 5.75 Å². The molecule has 1 fully saturated rings. The maximum absolute atomic E-state index is 13.2. The van der Waals surface area contributed by atoms with Crippen LogP contribution in [0.2, 0.25) is 0 Å². The van der Waals surface area contributed by atoms with Gasteiger partial charge in [-0.3, -0.25) is 0 Å². The summed E-state index contributed by atoms with van der Waals surface area (Å²) in [6, 6.07) is 16.4. The van der Waals surface area contributed by atoms with Gasteiger partial charge in [0.1, 0.15) is 11.6 Å². The van der Waals surface area contributed by atoms with E-state index in [0.717, 1.165) is 29.2 Å². The largest absolute Gasteiger partial charge is 0.495 e. The molecule has 4 rings (SSSR count). The Kier molecular flexibility index (Phi) is 4.15. The second-order valence-corrected chi connectivity index (χ2v) is 5.92. The van der Waals surface area contributed by atoms with Crippen LogP contribution in [0.4, 0.5) is 10.1 Å². The van der Waals surface area contributed by atoms with Gasteiger partial charge >= 0.3 is 0 Å². The fraction of sp³-hybridized carbons (Fsp3) is 0.200. The van der Waals surface area contributed by atoms with Gasteiger partial charge in [-0.1, -0.05) is 12.1 Å². The fourth-order valence-corrected chi connectivity index (χ4v) is 3.20. The molecule has 4 nitrogen and oxygen atoms in total. The average molecular weight is 338 g/mol. The zero-order valence-corrected chi connectivity index (χ0v) is 13.9. The lowest BCUT2D eigenvalue weighted by Gasteiger charge is -2.24. The van der Waals surface area contributed by atoms with Crippen LogP contribution in [0, 0.1) is 5.82 Å². The van der Waals surface area contributed by atoms with Gasteiger partial charge in [-0.15, -0.1) is 0 Å². The van der Waals surface area contributed by atoms with Crippen molar-refractivity contribution >= 4 is 5.69 Å². The molecule has 5 heteroatoms. The minimum atomic E-state index is -0.234. The summed E-state index contributed by atoms with van der Waals surface area (Å²) in [5.74, 6) is 0.579. The molecule has 128 valence electrons. The van der Waals surface area contributed by atoms with Crippen LogP contribution >= 0.6 is 0 Å². The Labute approximate surface area is 146 Å². The Morgan fingerprint density at radius 1 is 1.08 bits per heavy atom. The molecule has 1 saturated heterocycles. The van der Waals surface area contributed by atoms with E-state index in [4.69, 9.17) is 9.47 Å². The average Bonchev–Trinajstić information content (AvgIpc) is 3.31. The molecule has 0 saturated carbocycles. The van der Waals surface area contributed by atoms with Crippen LogP contribution in [0.25, 0.3) is 5.69 Å². The van der Waals surface area contributed by atoms with Gasteiger partial charge in [0, 0.05) is 30.2 Å². The van der Waals surface area contributed by atoms with Gasteiger partial charge < -0.3 is 18.9 Å². The minimum Gasteiger partial charge on any atom is -0.495 e. The number of benzene rings is 2. The topological polar surface area (TPSA) is 26.6 Å². The van der Waals surface area contributed by atoms with E-state index < -0.39 is 0 Å². The molecule has 1 aliphatic rings. The predicted octanol–water partition coefficient (Wildman–Crippen LogP) is 4.16. The summed E-state index contributed by atoms with van der Waals surface area (Å²) in [4.78, 5) is 2.14. The lowest BCUT2D eigenvalue weighted by molar-refractivity contribution is 0.114. The van der Waals surface area contributed by atoms with Gasteiger partial charge in [-0.2, -0.15) is 0 Å². The smallest absolute Gasteiger partial charge is 0.158 e. The highest BCUT2D eigenvalue weighted by Gasteiger charge is 2.28. The van der Waals surface area contributed by atoms with Crippen molar-refractivity contribution in [3.8, 4) is 11.4 Å². The van der Waals surface area contributed by atoms with Crippen LogP contribution < -0.4 is 9.64 Å². The van der Waals surface area contributed by atoms with Crippen molar-refractivity contribution in [2.75, 3.05) is 25.2 Å². The van der Waals surface area contributed by atoms with Crippen LogP contribution in [-0.2, 0) is 4.74 Å². The van der Waals surface area contributed by atoms with Gasteiger partial charge in [0.15, 0.2) is 6.23 Å². The second-order valence-electron chi connectivity index (χ2n) is 5.92. The second kappa shape index (κ2) is 6.61. The molecule has 1 aliphatic heterocycles. The lowest BCUT2D eigenvalue weighted by Crippen LogP contribution is -2.22. The minimum absolute atomic E-state index is 0.179. The summed E-state index contributed by atoms with van der Waals surface area (Å²) < 4.78 is 26.6. The molecule has 25 heavy (non-hydrogen) atoms. The SMILES string of the molecule is COc1ccccc1-n1ccc([C@@H]2OCCN2c2ccc(F)cc2)c1. The van der Waals surface area contributed by atoms with E-state index in [1.165, 1.54) is 12.1 Å². The summed E-state index contributed by atoms with van der Waals surface area (Å²) in [6.45, 7) is 1.41. The van der Waals surface area contributed by atoms with Crippen LogP contribution in [0.1, 0.15) is 11.8 Å². The Morgan fingerprint density at radius 2 is 1.88 bits per heavy atom. The van der Waals surface area contributed by atoms with Crippen LogP contribution in [-0.4, -0.2) is 24.8 Å². The Hall–Kier alpha value is -2.79. The first-order valence-electron chi connectivity index (χ1n) is 8.21. The molecular weight excluding hydrogens is 319 g/mol. The molecule has 3 aromatic rings. The number of methoxy groups -OCH3 is 1. The van der Waals surface area contributed by atoms with Crippen molar-refractivity contribution in [1.82, 2.24) is 4.57 Å². The number of ether oxygens (including phenoxy) is 2. The third-order valence-corrected chi connectivity index (χ3v) is 4.41. The van der Waals surface area contributed by atoms with Crippen molar-refractivity contribution in [1.29, 1.82) is 0 Å². The number of aromatic nitrogens is 1. The number of para-hydroxylation sites is 2. The highest BCUT2D eigenvalue weighted by atomic mass is 19.1. The molecule has 2 heterocycles. The van der Waals surface area contributed by atoms with E-state index in [-0.39, 0.29) is 12.0 Å². The van der Waals surface area contributed by atoms with E-state index in [2.05, 4.69) is 4.90 Å². The number of halogens is 1. The number of rotatable bonds is 4. The van der Waals surface area contributed by atoms with E-state index in [1.807, 2.05) is 47.3 Å². The highest BCUT2D eigenvalue weighted by molar-refractivity contribution is 5.50. The standard InChI is InChI=1S/C20H19FN2O2/c1-24-19-5-3-2-4-18(19)22-11-10-15(14-22)20-23(12-13-25-20)17-8-6-16(21)7-9-17/h2-11,14,20H,12-13H2,1H3/t20-/m0/s1. The van der Waals surface area contributed by atoms with Crippen LogP contribution in [0.3, 0.4) is 0 Å². The molecule has 2 aromatic carbocycles. The Morgan fingerprint density at radius 3 is 2.68 bits per heavy atom. The Bertz CT molecular complexity index is 860. The Balaban J connectivity index is 1.64. The first-order valence-corrected chi connectivity index (χ1v) is 8.21. The van der Waals surface area contributed by atoms with Crippen molar-refractivity contribution in [2.45, 2.75) is 6.23 Å². The molecular formula is C20H19FN2O2. The van der Waals surface area contributed by atoms with E-state index in [1.54, 1.807) is 19.2 Å². The van der Waals surface area contributed by atoms with Crippen molar-refractivity contribution in [3.63, 3.8) is 0 Å². The van der Waals surface area contributed by atoms with Gasteiger partial charge in [0.05, 0.1) is 19.4 Å². The van der Waals surface area contributed by atoms with Crippen molar-refractivity contribution < 1.29 is 13.9 Å². The number of anilines is 1. The van der Waals surface area contributed by atoms with Gasteiger partial charge in [-0.05, 0) is 42.5 Å².